The van der Waals surface area contributed by atoms with Gasteiger partial charge in [0.1, 0.15) is 23.0 Å². The lowest BCUT2D eigenvalue weighted by atomic mass is 9.84. The first kappa shape index (κ1) is 36.5. The highest BCUT2D eigenvalue weighted by Crippen LogP contribution is 2.33. The third kappa shape index (κ3) is 10.6. The molecule has 0 bridgehead atoms. The molecule has 0 heterocycles. The molecule has 4 N–H and O–H groups in total. The van der Waals surface area contributed by atoms with Crippen molar-refractivity contribution in [2.75, 3.05) is 0 Å². The molecule has 0 saturated carbocycles. The highest BCUT2D eigenvalue weighted by molar-refractivity contribution is 5.47. The molecule has 0 aliphatic heterocycles. The smallest absolute Gasteiger partial charge is 0.119 e. The molecule has 0 atom stereocenters. The van der Waals surface area contributed by atoms with Crippen molar-refractivity contribution in [2.45, 2.75) is 118 Å². The molecule has 0 amide bonds. The van der Waals surface area contributed by atoms with Gasteiger partial charge in [-0.1, -0.05) is 117 Å². The molecule has 4 aromatic rings. The van der Waals surface area contributed by atoms with Crippen LogP contribution in [0.5, 0.6) is 23.0 Å². The van der Waals surface area contributed by atoms with Crippen molar-refractivity contribution in [2.24, 2.45) is 0 Å². The molecule has 0 aliphatic rings. The van der Waals surface area contributed by atoms with Crippen LogP contribution in [0.25, 0.3) is 0 Å². The van der Waals surface area contributed by atoms with E-state index in [1.165, 1.54) is 22.3 Å². The molecule has 0 spiro atoms. The molecule has 4 heteroatoms. The number of phenols is 4. The number of benzene rings is 4. The first-order valence-corrected chi connectivity index (χ1v) is 16.9. The van der Waals surface area contributed by atoms with E-state index in [-0.39, 0.29) is 22.3 Å². The van der Waals surface area contributed by atoms with Gasteiger partial charge in [-0.25, -0.2) is 0 Å². The lowest BCUT2D eigenvalue weighted by molar-refractivity contribution is 0.460. The number of hydrogen-bond donors (Lipinski definition) is 4. The highest BCUT2D eigenvalue weighted by Gasteiger charge is 2.19. The Morgan fingerprint density at radius 2 is 0.804 bits per heavy atom. The van der Waals surface area contributed by atoms with Gasteiger partial charge in [0.2, 0.25) is 0 Å². The molecule has 248 valence electrons. The van der Waals surface area contributed by atoms with Crippen LogP contribution < -0.4 is 0 Å². The molecule has 4 aromatic carbocycles. The fourth-order valence-electron chi connectivity index (χ4n) is 5.39. The maximum absolute atomic E-state index is 10.2. The number of unbranched alkanes of at least 4 members (excludes halogenated alkanes) is 2. The predicted octanol–water partition coefficient (Wildman–Crippen LogP) is 10.7. The second-order valence-corrected chi connectivity index (χ2v) is 14.7. The summed E-state index contributed by atoms with van der Waals surface area (Å²) in [5, 5.41) is 40.9. The van der Waals surface area contributed by atoms with Crippen LogP contribution in [0, 0.1) is 0 Å². The third-order valence-electron chi connectivity index (χ3n) is 8.59. The van der Waals surface area contributed by atoms with Crippen LogP contribution in [0.2, 0.25) is 0 Å². The minimum absolute atomic E-state index is 0.0255. The van der Waals surface area contributed by atoms with Crippen molar-refractivity contribution >= 4 is 0 Å². The molecule has 0 unspecified atom stereocenters. The molecule has 4 rings (SSSR count). The van der Waals surface area contributed by atoms with Crippen LogP contribution in [0.4, 0.5) is 0 Å². The molecule has 4 nitrogen and oxygen atoms in total. The van der Waals surface area contributed by atoms with E-state index in [2.05, 4.69) is 67.5 Å². The number of phenolic OH excluding ortho intramolecular Hbond substituents is 4. The molecule has 0 aromatic heterocycles. The van der Waals surface area contributed by atoms with E-state index in [0.29, 0.717) is 24.3 Å². The van der Waals surface area contributed by atoms with Crippen LogP contribution in [-0.4, -0.2) is 20.4 Å². The van der Waals surface area contributed by atoms with Gasteiger partial charge in [0.05, 0.1) is 0 Å². The maximum Gasteiger partial charge on any atom is 0.119 e. The molecule has 46 heavy (non-hydrogen) atoms. The van der Waals surface area contributed by atoms with E-state index < -0.39 is 0 Å². The fraction of sp³-hybridized carbons (Fsp3) is 0.429. The van der Waals surface area contributed by atoms with Crippen molar-refractivity contribution in [1.29, 1.82) is 0 Å². The SMILES string of the molecule is CC(C)(C)c1ccc(O)c(Cc2cc(C(C)(C)C)ccc2O)c1.CCCCc1ccc(Cc2ccc(CCCC)cc2O)c(O)c1. The fourth-order valence-corrected chi connectivity index (χ4v) is 5.39. The summed E-state index contributed by atoms with van der Waals surface area (Å²) in [5.74, 6) is 1.21. The zero-order valence-corrected chi connectivity index (χ0v) is 29.4. The quantitative estimate of drug-likeness (QED) is 0.141. The number of rotatable bonds is 10. The largest absolute Gasteiger partial charge is 0.508 e. The van der Waals surface area contributed by atoms with Crippen molar-refractivity contribution in [3.63, 3.8) is 0 Å². The van der Waals surface area contributed by atoms with Gasteiger partial charge in [0.25, 0.3) is 0 Å². The van der Waals surface area contributed by atoms with Crippen LogP contribution >= 0.6 is 0 Å². The minimum Gasteiger partial charge on any atom is -0.508 e. The Morgan fingerprint density at radius 3 is 1.13 bits per heavy atom. The Labute approximate surface area is 277 Å². The zero-order valence-electron chi connectivity index (χ0n) is 29.4. The van der Waals surface area contributed by atoms with Crippen LogP contribution in [0.1, 0.15) is 126 Å². The number of hydrogen-bond acceptors (Lipinski definition) is 4. The van der Waals surface area contributed by atoms with Crippen molar-refractivity contribution in [3.05, 3.63) is 117 Å². The van der Waals surface area contributed by atoms with Gasteiger partial charge in [-0.05, 0) is 105 Å². The van der Waals surface area contributed by atoms with E-state index in [4.69, 9.17) is 0 Å². The second kappa shape index (κ2) is 16.1. The van der Waals surface area contributed by atoms with Gasteiger partial charge < -0.3 is 20.4 Å². The van der Waals surface area contributed by atoms with Crippen molar-refractivity contribution < 1.29 is 20.4 Å². The normalized spacial score (nSPS) is 11.7. The van der Waals surface area contributed by atoms with Crippen LogP contribution in [0.15, 0.2) is 72.8 Å². The lowest BCUT2D eigenvalue weighted by Gasteiger charge is -2.22. The Kier molecular flexibility index (Phi) is 12.8. The van der Waals surface area contributed by atoms with E-state index in [1.807, 2.05) is 48.5 Å². The van der Waals surface area contributed by atoms with Gasteiger partial charge in [-0.2, -0.15) is 0 Å². The summed E-state index contributed by atoms with van der Waals surface area (Å²) in [6, 6.07) is 23.3. The summed E-state index contributed by atoms with van der Waals surface area (Å²) >= 11 is 0. The number of aryl methyl sites for hydroxylation is 2. The van der Waals surface area contributed by atoms with Gasteiger partial charge in [0.15, 0.2) is 0 Å². The van der Waals surface area contributed by atoms with E-state index in [1.54, 1.807) is 12.1 Å². The summed E-state index contributed by atoms with van der Waals surface area (Å²) in [5.41, 5.74) is 8.17. The van der Waals surface area contributed by atoms with Gasteiger partial charge in [-0.3, -0.25) is 0 Å². The monoisotopic (exact) mass is 624 g/mol. The second-order valence-electron chi connectivity index (χ2n) is 14.7. The van der Waals surface area contributed by atoms with Crippen molar-refractivity contribution in [3.8, 4) is 23.0 Å². The number of aromatic hydroxyl groups is 4. The van der Waals surface area contributed by atoms with Crippen molar-refractivity contribution in [1.82, 2.24) is 0 Å². The maximum atomic E-state index is 10.2. The van der Waals surface area contributed by atoms with Crippen LogP contribution in [0.3, 0.4) is 0 Å². The molecule has 0 radical (unpaired) electrons. The molecule has 0 saturated heterocycles. The molecular weight excluding hydrogens is 568 g/mol. The minimum atomic E-state index is 0.0255. The Morgan fingerprint density at radius 1 is 0.435 bits per heavy atom. The first-order chi connectivity index (χ1) is 21.6. The first-order valence-electron chi connectivity index (χ1n) is 16.9. The van der Waals surface area contributed by atoms with E-state index in [9.17, 15) is 20.4 Å². The average Bonchev–Trinajstić information content (AvgIpc) is 2.98. The lowest BCUT2D eigenvalue weighted by Crippen LogP contribution is -2.12. The molecule has 0 fully saturated rings. The topological polar surface area (TPSA) is 80.9 Å². The average molecular weight is 625 g/mol. The van der Waals surface area contributed by atoms with Gasteiger partial charge >= 0.3 is 0 Å². The van der Waals surface area contributed by atoms with Gasteiger partial charge in [0, 0.05) is 12.8 Å². The zero-order chi connectivity index (χ0) is 34.1. The molecule has 0 aliphatic carbocycles. The summed E-state index contributed by atoms with van der Waals surface area (Å²) in [6.45, 7) is 17.3. The van der Waals surface area contributed by atoms with E-state index in [0.717, 1.165) is 60.8 Å². The van der Waals surface area contributed by atoms with E-state index >= 15 is 0 Å². The summed E-state index contributed by atoms with van der Waals surface area (Å²) in [7, 11) is 0. The van der Waals surface area contributed by atoms with Crippen LogP contribution in [-0.2, 0) is 36.5 Å². The standard InChI is InChI=1S/2C21H28O2/c1-20(2,3)16-7-9-18(22)14(12-16)11-15-13-17(21(4,5)6)8-10-19(15)23;1-3-5-7-16-9-11-18(20(22)13-16)15-19-12-10-17(8-6-4-2)14-21(19)23/h7-10,12-13,22-23H,11H2,1-6H3;9-14,22-23H,3-8,15H2,1-2H3. The predicted molar refractivity (Wildman–Crippen MR) is 193 cm³/mol. The Bertz CT molecular complexity index is 1450. The molecular formula is C42H56O4. The van der Waals surface area contributed by atoms with Gasteiger partial charge in [-0.15, -0.1) is 0 Å². The summed E-state index contributed by atoms with van der Waals surface area (Å²) < 4.78 is 0. The summed E-state index contributed by atoms with van der Waals surface area (Å²) in [4.78, 5) is 0. The third-order valence-corrected chi connectivity index (χ3v) is 8.59. The Hall–Kier alpha value is -3.92. The Balaban J connectivity index is 0.000000250. The summed E-state index contributed by atoms with van der Waals surface area (Å²) in [6.07, 6.45) is 7.66. The highest BCUT2D eigenvalue weighted by atomic mass is 16.3.